The number of nitrogens with zero attached hydrogens (tertiary/aromatic N) is 6. The van der Waals surface area contributed by atoms with Crippen LogP contribution in [0.3, 0.4) is 0 Å². The van der Waals surface area contributed by atoms with Crippen LogP contribution in [0.5, 0.6) is 5.75 Å². The zero-order valence-electron chi connectivity index (χ0n) is 21.6. The topological polar surface area (TPSA) is 182 Å². The lowest BCUT2D eigenvalue weighted by Gasteiger charge is -2.40. The second kappa shape index (κ2) is 10.8. The fourth-order valence-corrected chi connectivity index (χ4v) is 4.02. The quantitative estimate of drug-likeness (QED) is 0.436. The molecule has 3 aromatic heterocycles. The number of carbonyl (C=O) groups excluding carboxylic acids is 2. The molecular weight excluding hydrogens is 506 g/mol. The molecule has 0 unspecified atom stereocenters. The van der Waals surface area contributed by atoms with E-state index in [9.17, 15) is 24.6 Å². The van der Waals surface area contributed by atoms with Crippen LogP contribution in [0.1, 0.15) is 42.5 Å². The lowest BCUT2D eigenvalue weighted by atomic mass is 10.1. The highest BCUT2D eigenvalue weighted by Crippen LogP contribution is 2.29. The summed E-state index contributed by atoms with van der Waals surface area (Å²) in [5, 5.41) is 32.3. The van der Waals surface area contributed by atoms with Crippen LogP contribution in [0.4, 0.5) is 10.6 Å². The number of aromatic hydroxyl groups is 1. The summed E-state index contributed by atoms with van der Waals surface area (Å²) in [5.41, 5.74) is 0.285. The van der Waals surface area contributed by atoms with Crippen LogP contribution in [0.25, 0.3) is 10.9 Å². The van der Waals surface area contributed by atoms with Crippen LogP contribution >= 0.6 is 0 Å². The molecular formula is C26H27N7O6. The van der Waals surface area contributed by atoms with Crippen LogP contribution in [0.2, 0.25) is 0 Å². The van der Waals surface area contributed by atoms with Crippen molar-refractivity contribution in [3.05, 3.63) is 53.6 Å². The molecule has 1 fully saturated rings. The fraction of sp³-hybridized carbons (Fsp3) is 0.346. The first-order valence-electron chi connectivity index (χ1n) is 12.1. The van der Waals surface area contributed by atoms with E-state index in [-0.39, 0.29) is 36.8 Å². The zero-order valence-corrected chi connectivity index (χ0v) is 21.6. The van der Waals surface area contributed by atoms with E-state index in [0.717, 1.165) is 0 Å². The van der Waals surface area contributed by atoms with Crippen LogP contribution < -0.4 is 10.2 Å². The number of carbonyl (C=O) groups is 3. The predicted octanol–water partition coefficient (Wildman–Crippen LogP) is 2.04. The first-order chi connectivity index (χ1) is 18.5. The van der Waals surface area contributed by atoms with Gasteiger partial charge in [-0.05, 0) is 44.5 Å². The van der Waals surface area contributed by atoms with Crippen LogP contribution in [-0.4, -0.2) is 79.3 Å². The molecule has 0 aliphatic carbocycles. The van der Waals surface area contributed by atoms with E-state index >= 15 is 0 Å². The first kappa shape index (κ1) is 27.1. The normalized spacial score (nSPS) is 15.5. The Morgan fingerprint density at radius 1 is 1.15 bits per heavy atom. The highest BCUT2D eigenvalue weighted by atomic mass is 16.6. The number of hydrogen-bond donors (Lipinski definition) is 3. The molecule has 3 N–H and O–H groups in total. The van der Waals surface area contributed by atoms with E-state index < -0.39 is 29.6 Å². The van der Waals surface area contributed by atoms with Gasteiger partial charge in [0.15, 0.2) is 11.4 Å². The molecule has 13 nitrogen and oxygen atoms in total. The van der Waals surface area contributed by atoms with Crippen molar-refractivity contribution in [2.45, 2.75) is 39.0 Å². The molecule has 0 radical (unpaired) electrons. The van der Waals surface area contributed by atoms with Gasteiger partial charge in [0.2, 0.25) is 0 Å². The minimum Gasteiger partial charge on any atom is -0.505 e. The SMILES string of the molecule is CC(C)(C)OC(=O)N1CCN(c2ccc3c(O)c(C(=O)NCc4ccc(C#N)nc4)ncc3n2)C[C@@H]1C(=O)O. The predicted molar refractivity (Wildman–Crippen MR) is 138 cm³/mol. The van der Waals surface area contributed by atoms with Gasteiger partial charge in [0.1, 0.15) is 29.2 Å². The maximum Gasteiger partial charge on any atom is 0.411 e. The first-order valence-corrected chi connectivity index (χ1v) is 12.1. The number of carboxylic acids is 1. The number of piperazine rings is 1. The van der Waals surface area contributed by atoms with E-state index in [2.05, 4.69) is 20.3 Å². The number of anilines is 1. The van der Waals surface area contributed by atoms with Gasteiger partial charge in [-0.25, -0.2) is 24.5 Å². The van der Waals surface area contributed by atoms with E-state index in [0.29, 0.717) is 28.8 Å². The van der Waals surface area contributed by atoms with Crippen molar-refractivity contribution in [3.63, 3.8) is 0 Å². The number of carboxylic acid groups (broad SMARTS) is 1. The maximum absolute atomic E-state index is 12.7. The monoisotopic (exact) mass is 533 g/mol. The molecule has 4 rings (SSSR count). The molecule has 0 aromatic carbocycles. The second-order valence-corrected chi connectivity index (χ2v) is 9.88. The summed E-state index contributed by atoms with van der Waals surface area (Å²) in [6.07, 6.45) is 2.12. The Bertz CT molecular complexity index is 1460. The molecule has 3 aromatic rings. The van der Waals surface area contributed by atoms with Crippen LogP contribution in [0.15, 0.2) is 36.7 Å². The summed E-state index contributed by atoms with van der Waals surface area (Å²) in [7, 11) is 0. The van der Waals surface area contributed by atoms with Crippen LogP contribution in [-0.2, 0) is 16.1 Å². The number of nitrogens with one attached hydrogen (secondary N) is 1. The van der Waals surface area contributed by atoms with Crippen molar-refractivity contribution < 1.29 is 29.3 Å². The molecule has 202 valence electrons. The van der Waals surface area contributed by atoms with Gasteiger partial charge in [-0.2, -0.15) is 5.26 Å². The number of fused-ring (bicyclic) bond motifs is 1. The molecule has 0 bridgehead atoms. The Labute approximate surface area is 223 Å². The fourth-order valence-electron chi connectivity index (χ4n) is 4.02. The third-order valence-corrected chi connectivity index (χ3v) is 5.93. The number of rotatable bonds is 5. The van der Waals surface area contributed by atoms with E-state index in [4.69, 9.17) is 10.00 Å². The Morgan fingerprint density at radius 3 is 2.56 bits per heavy atom. The minimum absolute atomic E-state index is 0.0167. The number of hydrogen-bond acceptors (Lipinski definition) is 10. The van der Waals surface area contributed by atoms with Gasteiger partial charge in [-0.15, -0.1) is 0 Å². The maximum atomic E-state index is 12.7. The highest BCUT2D eigenvalue weighted by Gasteiger charge is 2.38. The summed E-state index contributed by atoms with van der Waals surface area (Å²) in [5.74, 6) is -1.69. The van der Waals surface area contributed by atoms with Gasteiger partial charge in [-0.3, -0.25) is 9.69 Å². The smallest absolute Gasteiger partial charge is 0.411 e. The van der Waals surface area contributed by atoms with E-state index in [1.165, 1.54) is 23.4 Å². The average Bonchev–Trinajstić information content (AvgIpc) is 2.90. The van der Waals surface area contributed by atoms with E-state index in [1.807, 2.05) is 6.07 Å². The summed E-state index contributed by atoms with van der Waals surface area (Å²) < 4.78 is 5.36. The lowest BCUT2D eigenvalue weighted by Crippen LogP contribution is -2.59. The third kappa shape index (κ3) is 6.12. The molecule has 0 saturated carbocycles. The largest absolute Gasteiger partial charge is 0.505 e. The minimum atomic E-state index is -1.17. The molecule has 1 aliphatic rings. The molecule has 1 aliphatic heterocycles. The van der Waals surface area contributed by atoms with Gasteiger partial charge in [-0.1, -0.05) is 6.07 Å². The van der Waals surface area contributed by atoms with Gasteiger partial charge in [0.25, 0.3) is 5.91 Å². The molecule has 39 heavy (non-hydrogen) atoms. The lowest BCUT2D eigenvalue weighted by molar-refractivity contribution is -0.143. The Hall–Kier alpha value is -4.99. The van der Waals surface area contributed by atoms with Crippen molar-refractivity contribution in [1.82, 2.24) is 25.2 Å². The number of aromatic nitrogens is 3. The number of ether oxygens (including phenoxy) is 1. The Balaban J connectivity index is 1.49. The number of amides is 2. The second-order valence-electron chi connectivity index (χ2n) is 9.88. The summed E-state index contributed by atoms with van der Waals surface area (Å²) in [4.78, 5) is 52.6. The molecule has 4 heterocycles. The highest BCUT2D eigenvalue weighted by molar-refractivity contribution is 6.00. The summed E-state index contributed by atoms with van der Waals surface area (Å²) in [6.45, 7) is 5.66. The summed E-state index contributed by atoms with van der Waals surface area (Å²) in [6, 6.07) is 7.15. The average molecular weight is 534 g/mol. The molecule has 13 heteroatoms. The van der Waals surface area contributed by atoms with E-state index in [1.54, 1.807) is 43.9 Å². The number of aliphatic carboxylic acids is 1. The van der Waals surface area contributed by atoms with Crippen LogP contribution in [0, 0.1) is 11.3 Å². The van der Waals surface area contributed by atoms with Crippen molar-refractivity contribution >= 4 is 34.7 Å². The summed E-state index contributed by atoms with van der Waals surface area (Å²) >= 11 is 0. The standard InChI is InChI=1S/C26H27N7O6/c1-26(2,3)39-25(38)33-9-8-32(14-19(33)24(36)37)20-7-6-17-18(31-20)13-29-21(22(17)34)23(35)30-12-15-4-5-16(10-27)28-11-15/h4-7,11,13,19,34H,8-9,12,14H2,1-3H3,(H,30,35)(H,36,37)/t19-/m1/s1. The van der Waals surface area contributed by atoms with Gasteiger partial charge in [0, 0.05) is 31.2 Å². The Morgan fingerprint density at radius 2 is 1.92 bits per heavy atom. The number of nitriles is 1. The van der Waals surface area contributed by atoms with Crippen molar-refractivity contribution in [2.75, 3.05) is 24.5 Å². The van der Waals surface area contributed by atoms with Gasteiger partial charge in [0.05, 0.1) is 18.3 Å². The van der Waals surface area contributed by atoms with Crippen molar-refractivity contribution in [1.29, 1.82) is 5.26 Å². The van der Waals surface area contributed by atoms with Crippen molar-refractivity contribution in [3.8, 4) is 11.8 Å². The molecule has 0 spiro atoms. The van der Waals surface area contributed by atoms with Crippen molar-refractivity contribution in [2.24, 2.45) is 0 Å². The zero-order chi connectivity index (χ0) is 28.3. The Kier molecular flexibility index (Phi) is 7.48. The van der Waals surface area contributed by atoms with Gasteiger partial charge < -0.3 is 25.2 Å². The van der Waals surface area contributed by atoms with Gasteiger partial charge >= 0.3 is 12.1 Å². The third-order valence-electron chi connectivity index (χ3n) is 5.93. The molecule has 2 amide bonds. The molecule has 1 atom stereocenters. The molecule has 1 saturated heterocycles. The number of pyridine rings is 3.